The molecule has 0 aliphatic heterocycles. The fourth-order valence-corrected chi connectivity index (χ4v) is 3.39. The smallest absolute Gasteiger partial charge is 0.416 e. The van der Waals surface area contributed by atoms with Gasteiger partial charge in [0.15, 0.2) is 0 Å². The van der Waals surface area contributed by atoms with Crippen LogP contribution in [-0.4, -0.2) is 11.7 Å². The van der Waals surface area contributed by atoms with Gasteiger partial charge in [0, 0.05) is 0 Å². The van der Waals surface area contributed by atoms with Crippen molar-refractivity contribution >= 4 is 34.8 Å². The van der Waals surface area contributed by atoms with Crippen molar-refractivity contribution in [1.29, 1.82) is 0 Å². The minimum absolute atomic E-state index is 0.0654. The predicted molar refractivity (Wildman–Crippen MR) is 102 cm³/mol. The molecule has 0 saturated heterocycles. The number of para-hydroxylation sites is 1. The normalized spacial score (nSPS) is 11.5. The molecule has 148 valence electrons. The molecule has 0 bridgehead atoms. The first-order chi connectivity index (χ1) is 13.2. The topological polar surface area (TPSA) is 30.1 Å². The van der Waals surface area contributed by atoms with Gasteiger partial charge in [0.25, 0.3) is 5.88 Å². The van der Waals surface area contributed by atoms with Gasteiger partial charge < -0.3 is 4.74 Å². The number of methoxy groups -OCH3 is 1. The molecule has 0 spiro atoms. The molecule has 0 aliphatic rings. The van der Waals surface area contributed by atoms with E-state index < -0.39 is 11.7 Å². The average molecular weight is 431 g/mol. The molecule has 0 saturated carbocycles. The van der Waals surface area contributed by atoms with E-state index >= 15 is 0 Å². The van der Waals surface area contributed by atoms with Gasteiger partial charge in [0.1, 0.15) is 18.4 Å². The molecule has 3 rings (SSSR count). The Morgan fingerprint density at radius 1 is 1.07 bits per heavy atom. The highest BCUT2D eigenvalue weighted by molar-refractivity contribution is 6.39. The number of anilines is 2. The third-order valence-electron chi connectivity index (χ3n) is 4.22. The third kappa shape index (κ3) is 4.05. The lowest BCUT2D eigenvalue weighted by Crippen LogP contribution is -2.30. The Morgan fingerprint density at radius 3 is 2.32 bits per heavy atom. The largest absolute Gasteiger partial charge is 0.469 e. The summed E-state index contributed by atoms with van der Waals surface area (Å²) < 4.78 is 48.8. The van der Waals surface area contributed by atoms with Crippen LogP contribution in [0, 0.1) is 0 Å². The standard InChI is InChI=1S/C19H16Cl2F3N3O/c1-26-11-16(28-2)27(10-12-6-3-4-7-13(12)19(22,23)24)18(26)25-17-14(20)8-5-9-15(17)21/h3-9,11H,10H2,1-2H3/p+1. The minimum Gasteiger partial charge on any atom is -0.469 e. The number of rotatable bonds is 5. The lowest BCUT2D eigenvalue weighted by atomic mass is 10.1. The van der Waals surface area contributed by atoms with E-state index in [4.69, 9.17) is 27.9 Å². The van der Waals surface area contributed by atoms with Crippen molar-refractivity contribution < 1.29 is 22.5 Å². The van der Waals surface area contributed by atoms with E-state index in [1.165, 1.54) is 19.2 Å². The monoisotopic (exact) mass is 430 g/mol. The zero-order chi connectivity index (χ0) is 20.5. The van der Waals surface area contributed by atoms with Crippen molar-refractivity contribution in [1.82, 2.24) is 4.57 Å². The Labute approximate surface area is 170 Å². The van der Waals surface area contributed by atoms with Gasteiger partial charge in [-0.15, -0.1) is 0 Å². The highest BCUT2D eigenvalue weighted by Gasteiger charge is 2.34. The molecule has 0 radical (unpaired) electrons. The molecule has 1 heterocycles. The van der Waals surface area contributed by atoms with Gasteiger partial charge in [0.05, 0.1) is 29.8 Å². The van der Waals surface area contributed by atoms with Crippen LogP contribution in [-0.2, 0) is 19.8 Å². The SMILES string of the molecule is COc1c[n+](C)c(Nc2c(Cl)cccc2Cl)n1Cc1ccccc1C(F)(F)F. The molecule has 0 aliphatic carbocycles. The Balaban J connectivity index is 2.08. The summed E-state index contributed by atoms with van der Waals surface area (Å²) >= 11 is 12.4. The lowest BCUT2D eigenvalue weighted by molar-refractivity contribution is -0.656. The summed E-state index contributed by atoms with van der Waals surface area (Å²) in [6.07, 6.45) is -2.80. The molecule has 0 fully saturated rings. The first-order valence-electron chi connectivity index (χ1n) is 8.21. The van der Waals surface area contributed by atoms with Gasteiger partial charge in [-0.05, 0) is 23.8 Å². The second-order valence-corrected chi connectivity index (χ2v) is 6.88. The van der Waals surface area contributed by atoms with Crippen LogP contribution in [0.25, 0.3) is 0 Å². The second kappa shape index (κ2) is 7.93. The van der Waals surface area contributed by atoms with E-state index in [9.17, 15) is 13.2 Å². The first-order valence-corrected chi connectivity index (χ1v) is 8.97. The summed E-state index contributed by atoms with van der Waals surface area (Å²) in [5, 5.41) is 3.88. The number of imidazole rings is 1. The molecule has 3 aromatic rings. The number of nitrogens with zero attached hydrogens (tertiary/aromatic N) is 2. The number of alkyl halides is 3. The zero-order valence-corrected chi connectivity index (χ0v) is 16.5. The number of nitrogens with one attached hydrogen (secondary N) is 1. The van der Waals surface area contributed by atoms with Gasteiger partial charge in [-0.1, -0.05) is 47.5 Å². The van der Waals surface area contributed by atoms with Crippen LogP contribution >= 0.6 is 23.2 Å². The van der Waals surface area contributed by atoms with E-state index in [-0.39, 0.29) is 12.1 Å². The van der Waals surface area contributed by atoms with Crippen LogP contribution in [0.15, 0.2) is 48.7 Å². The lowest BCUT2D eigenvalue weighted by Gasteiger charge is -2.13. The Kier molecular flexibility index (Phi) is 5.76. The number of aromatic nitrogens is 2. The number of halogens is 5. The number of aryl methyl sites for hydroxylation is 1. The van der Waals surface area contributed by atoms with Crippen LogP contribution in [0.2, 0.25) is 10.0 Å². The van der Waals surface area contributed by atoms with Crippen LogP contribution in [0.5, 0.6) is 5.88 Å². The van der Waals surface area contributed by atoms with E-state index in [1.807, 2.05) is 0 Å². The van der Waals surface area contributed by atoms with Crippen molar-refractivity contribution in [3.63, 3.8) is 0 Å². The predicted octanol–water partition coefficient (Wildman–Crippen LogP) is 5.44. The fraction of sp³-hybridized carbons (Fsp3) is 0.211. The van der Waals surface area contributed by atoms with Gasteiger partial charge in [-0.2, -0.15) is 17.7 Å². The maximum Gasteiger partial charge on any atom is 0.416 e. The van der Waals surface area contributed by atoms with Crippen LogP contribution < -0.4 is 14.6 Å². The highest BCUT2D eigenvalue weighted by Crippen LogP contribution is 2.35. The number of benzene rings is 2. The van der Waals surface area contributed by atoms with Crippen molar-refractivity contribution in [2.75, 3.05) is 12.4 Å². The summed E-state index contributed by atoms with van der Waals surface area (Å²) in [6.45, 7) is -0.0654. The van der Waals surface area contributed by atoms with Crippen LogP contribution in [0.4, 0.5) is 24.8 Å². The molecule has 0 unspecified atom stereocenters. The Bertz CT molecular complexity index is 982. The van der Waals surface area contributed by atoms with Gasteiger partial charge in [0.2, 0.25) is 0 Å². The quantitative estimate of drug-likeness (QED) is 0.546. The van der Waals surface area contributed by atoms with E-state index in [2.05, 4.69) is 5.32 Å². The molecular weight excluding hydrogens is 414 g/mol. The first kappa shape index (κ1) is 20.4. The molecule has 4 nitrogen and oxygen atoms in total. The molecule has 2 aromatic carbocycles. The maximum atomic E-state index is 13.4. The number of hydrogen-bond donors (Lipinski definition) is 1. The summed E-state index contributed by atoms with van der Waals surface area (Å²) in [5.41, 5.74) is -0.138. The highest BCUT2D eigenvalue weighted by atomic mass is 35.5. The third-order valence-corrected chi connectivity index (χ3v) is 4.85. The molecule has 9 heteroatoms. The van der Waals surface area contributed by atoms with Gasteiger partial charge >= 0.3 is 12.1 Å². The number of ether oxygens (including phenoxy) is 1. The van der Waals surface area contributed by atoms with Gasteiger partial charge in [-0.25, -0.2) is 9.88 Å². The Morgan fingerprint density at radius 2 is 1.71 bits per heavy atom. The second-order valence-electron chi connectivity index (χ2n) is 6.07. The average Bonchev–Trinajstić information content (AvgIpc) is 2.93. The zero-order valence-electron chi connectivity index (χ0n) is 15.0. The summed E-state index contributed by atoms with van der Waals surface area (Å²) in [7, 11) is 3.19. The summed E-state index contributed by atoms with van der Waals surface area (Å²) in [4.78, 5) is 0. The number of hydrogen-bond acceptors (Lipinski definition) is 2. The van der Waals surface area contributed by atoms with E-state index in [1.54, 1.807) is 46.6 Å². The summed E-state index contributed by atoms with van der Waals surface area (Å²) in [6, 6.07) is 10.5. The van der Waals surface area contributed by atoms with Crippen LogP contribution in [0.3, 0.4) is 0 Å². The molecule has 1 N–H and O–H groups in total. The van der Waals surface area contributed by atoms with E-state index in [0.717, 1.165) is 6.07 Å². The van der Waals surface area contributed by atoms with Gasteiger partial charge in [-0.3, -0.25) is 0 Å². The maximum absolute atomic E-state index is 13.4. The van der Waals surface area contributed by atoms with E-state index in [0.29, 0.717) is 27.6 Å². The molecule has 1 aromatic heterocycles. The molecule has 0 amide bonds. The van der Waals surface area contributed by atoms with Crippen LogP contribution in [0.1, 0.15) is 11.1 Å². The molecular formula is C19H17Cl2F3N3O+. The Hall–Kier alpha value is -2.38. The van der Waals surface area contributed by atoms with Crippen molar-refractivity contribution in [2.45, 2.75) is 12.7 Å². The van der Waals surface area contributed by atoms with Crippen molar-refractivity contribution in [3.8, 4) is 5.88 Å². The van der Waals surface area contributed by atoms with Crippen molar-refractivity contribution in [2.24, 2.45) is 7.05 Å². The summed E-state index contributed by atoms with van der Waals surface area (Å²) in [5.74, 6) is 0.842. The molecule has 28 heavy (non-hydrogen) atoms. The molecule has 0 atom stereocenters. The van der Waals surface area contributed by atoms with Crippen molar-refractivity contribution in [3.05, 3.63) is 69.8 Å². The fourth-order valence-electron chi connectivity index (χ4n) is 2.90. The minimum atomic E-state index is -4.46.